The van der Waals surface area contributed by atoms with Gasteiger partial charge in [0.15, 0.2) is 10.6 Å². The van der Waals surface area contributed by atoms with Gasteiger partial charge in [-0.25, -0.2) is 0 Å². The van der Waals surface area contributed by atoms with Crippen LogP contribution >= 0.6 is 0 Å². The van der Waals surface area contributed by atoms with Crippen molar-refractivity contribution in [1.29, 1.82) is 0 Å². The van der Waals surface area contributed by atoms with E-state index in [2.05, 4.69) is 76.7 Å². The van der Waals surface area contributed by atoms with Crippen LogP contribution in [0.15, 0.2) is 77.2 Å². The number of carbonyl (C=O) groups excluding carboxylic acids is 1. The lowest BCUT2D eigenvalue weighted by atomic mass is 10.00. The van der Waals surface area contributed by atoms with E-state index in [0.717, 1.165) is 60.7 Å². The van der Waals surface area contributed by atoms with Crippen molar-refractivity contribution in [3.8, 4) is 16.9 Å². The molecule has 0 saturated heterocycles. The molecule has 11 heteroatoms. The Morgan fingerprint density at radius 1 is 1.02 bits per heavy atom. The molecular formula is C36H44N6O4S. The molecule has 3 aromatic carbocycles. The first kappa shape index (κ1) is 34.2. The number of benzene rings is 3. The molecule has 1 aliphatic rings. The number of anilines is 2. The Morgan fingerprint density at radius 2 is 1.79 bits per heavy atom. The van der Waals surface area contributed by atoms with Gasteiger partial charge in [-0.05, 0) is 106 Å². The molecule has 1 unspecified atom stereocenters. The molecule has 0 fully saturated rings. The lowest BCUT2D eigenvalue weighted by Gasteiger charge is -2.27. The minimum absolute atomic E-state index is 0.148. The fourth-order valence-corrected chi connectivity index (χ4v) is 6.33. The number of carbonyl (C=O) groups is 1. The van der Waals surface area contributed by atoms with Gasteiger partial charge in [-0.15, -0.1) is 10.2 Å². The van der Waals surface area contributed by atoms with Crippen LogP contribution in [0.1, 0.15) is 51.4 Å². The van der Waals surface area contributed by atoms with Crippen LogP contribution < -0.4 is 15.0 Å². The lowest BCUT2D eigenvalue weighted by molar-refractivity contribution is -0.112. The van der Waals surface area contributed by atoms with Crippen molar-refractivity contribution >= 4 is 34.5 Å². The minimum Gasteiger partial charge on any atom is -0.611 e. The number of aryl methyl sites for hydroxylation is 1. The van der Waals surface area contributed by atoms with Gasteiger partial charge in [-0.1, -0.05) is 45.4 Å². The molecule has 1 aliphatic heterocycles. The second-order valence-electron chi connectivity index (χ2n) is 12.0. The van der Waals surface area contributed by atoms with E-state index in [1.165, 1.54) is 4.80 Å². The highest BCUT2D eigenvalue weighted by atomic mass is 32.2. The van der Waals surface area contributed by atoms with Crippen molar-refractivity contribution in [2.75, 3.05) is 43.1 Å². The van der Waals surface area contributed by atoms with E-state index in [0.29, 0.717) is 47.5 Å². The van der Waals surface area contributed by atoms with Gasteiger partial charge in [-0.2, -0.15) is 4.80 Å². The first-order valence-corrected chi connectivity index (χ1v) is 17.5. The molecule has 1 aromatic heterocycles. The molecule has 1 atom stereocenters. The zero-order chi connectivity index (χ0) is 33.2. The summed E-state index contributed by atoms with van der Waals surface area (Å²) in [5.74, 6) is 1.73. The summed E-state index contributed by atoms with van der Waals surface area (Å²) < 4.78 is 24.2. The highest BCUT2D eigenvalue weighted by Crippen LogP contribution is 2.34. The molecule has 10 nitrogen and oxygen atoms in total. The van der Waals surface area contributed by atoms with Crippen LogP contribution in [0.2, 0.25) is 0 Å². The van der Waals surface area contributed by atoms with Gasteiger partial charge >= 0.3 is 0 Å². The van der Waals surface area contributed by atoms with E-state index >= 15 is 0 Å². The maximum Gasteiger partial charge on any atom is 0.251 e. The molecule has 248 valence electrons. The monoisotopic (exact) mass is 656 g/mol. The molecule has 4 aromatic rings. The van der Waals surface area contributed by atoms with Crippen LogP contribution in [0.25, 0.3) is 17.2 Å². The van der Waals surface area contributed by atoms with E-state index in [9.17, 15) is 9.35 Å². The summed E-state index contributed by atoms with van der Waals surface area (Å²) in [6, 6.07) is 21.6. The summed E-state index contributed by atoms with van der Waals surface area (Å²) in [7, 11) is 1.67. The van der Waals surface area contributed by atoms with Crippen LogP contribution in [0.4, 0.5) is 11.4 Å². The molecular weight excluding hydrogens is 613 g/mol. The number of aromatic nitrogens is 4. The van der Waals surface area contributed by atoms with Crippen molar-refractivity contribution in [1.82, 2.24) is 20.2 Å². The average molecular weight is 657 g/mol. The average Bonchev–Trinajstić information content (AvgIpc) is 3.39. The summed E-state index contributed by atoms with van der Waals surface area (Å²) in [5, 5.41) is 14.8. The third kappa shape index (κ3) is 9.66. The van der Waals surface area contributed by atoms with E-state index in [1.807, 2.05) is 18.2 Å². The largest absolute Gasteiger partial charge is 0.611 e. The maximum absolute atomic E-state index is 13.6. The van der Waals surface area contributed by atoms with Gasteiger partial charge in [0.05, 0.1) is 13.7 Å². The smallest absolute Gasteiger partial charge is 0.251 e. The van der Waals surface area contributed by atoms with Crippen molar-refractivity contribution in [3.63, 3.8) is 0 Å². The van der Waals surface area contributed by atoms with Crippen molar-refractivity contribution < 1.29 is 18.8 Å². The van der Waals surface area contributed by atoms with Gasteiger partial charge in [0.2, 0.25) is 5.82 Å². The number of amides is 1. The number of hydrogen-bond donors (Lipinski definition) is 1. The van der Waals surface area contributed by atoms with Gasteiger partial charge in [0.1, 0.15) is 12.4 Å². The highest BCUT2D eigenvalue weighted by Gasteiger charge is 2.22. The van der Waals surface area contributed by atoms with Crippen LogP contribution in [0.5, 0.6) is 5.75 Å². The number of tetrazole rings is 1. The first-order valence-electron chi connectivity index (χ1n) is 16.2. The number of unbranched alkanes of at least 4 members (excludes halogenated alkanes) is 1. The zero-order valence-electron chi connectivity index (χ0n) is 27.6. The third-order valence-corrected chi connectivity index (χ3v) is 9.06. The SMILES string of the molecule is CCCCOCCOc1ccc(-c2ccc3c(c2)C=C(C(=O)Nc2ccc([S+]([O-])Cc4nnn(C)n4)cc2)CCN3CC(C)C)cc1. The van der Waals surface area contributed by atoms with Crippen LogP contribution in [0.3, 0.4) is 0 Å². The van der Waals surface area contributed by atoms with E-state index in [4.69, 9.17) is 9.47 Å². The van der Waals surface area contributed by atoms with E-state index in [-0.39, 0.29) is 11.7 Å². The number of ether oxygens (including phenoxy) is 2. The predicted molar refractivity (Wildman–Crippen MR) is 187 cm³/mol. The fourth-order valence-electron chi connectivity index (χ4n) is 5.38. The first-order chi connectivity index (χ1) is 22.8. The molecule has 5 rings (SSSR count). The van der Waals surface area contributed by atoms with Gasteiger partial charge in [-0.3, -0.25) is 4.79 Å². The topological polar surface area (TPSA) is 117 Å². The number of rotatable bonds is 15. The third-order valence-electron chi connectivity index (χ3n) is 7.74. The van der Waals surface area contributed by atoms with E-state index < -0.39 is 11.2 Å². The Kier molecular flexibility index (Phi) is 12.0. The Bertz CT molecular complexity index is 1640. The molecule has 0 saturated carbocycles. The second kappa shape index (κ2) is 16.6. The summed E-state index contributed by atoms with van der Waals surface area (Å²) in [6.07, 6.45) is 4.82. The van der Waals surface area contributed by atoms with Crippen LogP contribution in [-0.4, -0.2) is 63.6 Å². The molecule has 2 heterocycles. The summed E-state index contributed by atoms with van der Waals surface area (Å²) in [4.78, 5) is 17.9. The van der Waals surface area contributed by atoms with Crippen molar-refractivity contribution in [2.24, 2.45) is 13.0 Å². The predicted octanol–water partition coefficient (Wildman–Crippen LogP) is 6.27. The molecule has 0 aliphatic carbocycles. The zero-order valence-corrected chi connectivity index (χ0v) is 28.5. The Morgan fingerprint density at radius 3 is 2.49 bits per heavy atom. The Hall–Kier alpha value is -4.19. The Balaban J connectivity index is 1.28. The highest BCUT2D eigenvalue weighted by molar-refractivity contribution is 7.90. The molecule has 1 amide bonds. The normalized spacial score (nSPS) is 13.6. The van der Waals surface area contributed by atoms with Crippen molar-refractivity contribution in [3.05, 3.63) is 83.7 Å². The van der Waals surface area contributed by atoms with E-state index in [1.54, 1.807) is 31.3 Å². The second-order valence-corrected chi connectivity index (χ2v) is 13.5. The molecule has 47 heavy (non-hydrogen) atoms. The maximum atomic E-state index is 13.6. The van der Waals surface area contributed by atoms with Gasteiger partial charge < -0.3 is 24.2 Å². The summed E-state index contributed by atoms with van der Waals surface area (Å²) >= 11 is -1.33. The molecule has 1 N–H and O–H groups in total. The fraction of sp³-hybridized carbons (Fsp3) is 0.389. The van der Waals surface area contributed by atoms with Gasteiger partial charge in [0, 0.05) is 36.6 Å². The summed E-state index contributed by atoms with van der Waals surface area (Å²) in [5.41, 5.74) is 5.63. The molecule has 0 radical (unpaired) electrons. The number of hydrogen-bond acceptors (Lipinski definition) is 8. The Labute approximate surface area is 280 Å². The minimum atomic E-state index is -1.33. The molecule has 0 bridgehead atoms. The number of nitrogens with one attached hydrogen (secondary N) is 1. The lowest BCUT2D eigenvalue weighted by Crippen LogP contribution is -2.29. The summed E-state index contributed by atoms with van der Waals surface area (Å²) in [6.45, 7) is 10.1. The molecule has 0 spiro atoms. The van der Waals surface area contributed by atoms with Crippen LogP contribution in [0, 0.1) is 5.92 Å². The van der Waals surface area contributed by atoms with Crippen LogP contribution in [-0.2, 0) is 33.5 Å². The number of fused-ring (bicyclic) bond motifs is 1. The van der Waals surface area contributed by atoms with Gasteiger partial charge in [0.25, 0.3) is 5.91 Å². The van der Waals surface area contributed by atoms with Crippen molar-refractivity contribution in [2.45, 2.75) is 50.7 Å². The number of nitrogens with zero attached hydrogens (tertiary/aromatic N) is 5. The standard InChI is InChI=1S/C36H44N6O4S/c1-5-6-19-45-20-21-46-32-12-7-27(8-13-32)28-9-16-34-30(22-28)23-29(17-18-42(34)24-26(2)3)36(43)37-31-10-14-33(15-11-31)47(44)25-35-38-40-41(4)39-35/h7-16,22-23,26H,5-6,17-21,24-25H2,1-4H3,(H,37,43). The quantitative estimate of drug-likeness (QED) is 0.118.